The fourth-order valence-corrected chi connectivity index (χ4v) is 3.60. The number of rotatable bonds is 0. The van der Waals surface area contributed by atoms with Crippen molar-refractivity contribution in [1.82, 2.24) is 9.47 Å². The number of carbonyl (C=O) groups excluding carboxylic acids is 1. The molecule has 1 atom stereocenters. The van der Waals surface area contributed by atoms with Gasteiger partial charge in [-0.25, -0.2) is 4.79 Å². The highest BCUT2D eigenvalue weighted by Gasteiger charge is 2.35. The molecule has 1 amide bonds. The minimum atomic E-state index is -0.240. The minimum absolute atomic E-state index is 0.173. The Labute approximate surface area is 129 Å². The van der Waals surface area contributed by atoms with Crippen molar-refractivity contribution < 1.29 is 9.53 Å². The van der Waals surface area contributed by atoms with Gasteiger partial charge in [-0.15, -0.1) is 0 Å². The molecule has 0 N–H and O–H groups in total. The third-order valence-electron chi connectivity index (χ3n) is 4.66. The molecule has 2 aliphatic heterocycles. The van der Waals surface area contributed by atoms with Crippen LogP contribution in [-0.4, -0.2) is 42.3 Å². The Bertz CT molecular complexity index is 709. The van der Waals surface area contributed by atoms with Gasteiger partial charge >= 0.3 is 6.09 Å². The summed E-state index contributed by atoms with van der Waals surface area (Å²) < 4.78 is 7.18. The topological polar surface area (TPSA) is 37.7 Å². The zero-order valence-corrected chi connectivity index (χ0v) is 12.6. The molecule has 4 rings (SSSR count). The summed E-state index contributed by atoms with van der Waals surface area (Å²) in [5.74, 6) is 0. The molecular formula is C17H19N3O2. The van der Waals surface area contributed by atoms with E-state index in [-0.39, 0.29) is 12.1 Å². The lowest BCUT2D eigenvalue weighted by molar-refractivity contribution is 0.114. The number of carbonyl (C=O) groups is 1. The van der Waals surface area contributed by atoms with Gasteiger partial charge in [0.15, 0.2) is 0 Å². The van der Waals surface area contributed by atoms with Gasteiger partial charge in [0.25, 0.3) is 0 Å². The molecule has 1 unspecified atom stereocenters. The first-order chi connectivity index (χ1) is 10.8. The van der Waals surface area contributed by atoms with E-state index in [1.807, 2.05) is 0 Å². The van der Waals surface area contributed by atoms with Crippen molar-refractivity contribution in [3.8, 4) is 0 Å². The molecule has 5 heteroatoms. The second-order valence-corrected chi connectivity index (χ2v) is 5.81. The maximum absolute atomic E-state index is 11.9. The van der Waals surface area contributed by atoms with Gasteiger partial charge in [-0.2, -0.15) is 0 Å². The highest BCUT2D eigenvalue weighted by atomic mass is 16.5. The van der Waals surface area contributed by atoms with Crippen molar-refractivity contribution in [3.05, 3.63) is 53.9 Å². The second-order valence-electron chi connectivity index (χ2n) is 5.81. The average Bonchev–Trinajstić information content (AvgIpc) is 2.97. The largest absolute Gasteiger partial charge is 0.453 e. The van der Waals surface area contributed by atoms with Crippen LogP contribution in [0.2, 0.25) is 0 Å². The van der Waals surface area contributed by atoms with Crippen LogP contribution in [0.1, 0.15) is 17.3 Å². The van der Waals surface area contributed by atoms with E-state index in [1.54, 1.807) is 4.90 Å². The van der Waals surface area contributed by atoms with E-state index in [4.69, 9.17) is 4.74 Å². The molecule has 3 heterocycles. The van der Waals surface area contributed by atoms with E-state index in [2.05, 4.69) is 52.1 Å². The summed E-state index contributed by atoms with van der Waals surface area (Å²) in [7, 11) is 1.44. The molecule has 1 fully saturated rings. The van der Waals surface area contributed by atoms with Gasteiger partial charge in [-0.3, -0.25) is 0 Å². The number of benzene rings is 1. The minimum Gasteiger partial charge on any atom is -0.453 e. The zero-order valence-electron chi connectivity index (χ0n) is 12.6. The first-order valence-corrected chi connectivity index (χ1v) is 7.60. The molecule has 1 aromatic heterocycles. The first-order valence-electron chi connectivity index (χ1n) is 7.60. The van der Waals surface area contributed by atoms with E-state index in [0.29, 0.717) is 13.1 Å². The van der Waals surface area contributed by atoms with E-state index in [0.717, 1.165) is 13.1 Å². The van der Waals surface area contributed by atoms with Gasteiger partial charge in [0, 0.05) is 37.2 Å². The predicted octanol–water partition coefficient (Wildman–Crippen LogP) is 2.48. The lowest BCUT2D eigenvalue weighted by atomic mass is 10.1. The fraction of sp³-hybridized carbons (Fsp3) is 0.353. The molecule has 0 saturated carbocycles. The van der Waals surface area contributed by atoms with Crippen LogP contribution >= 0.6 is 0 Å². The standard InChI is InChI=1S/C17H19N3O2/c1-22-17(21)19-9-10-20-14-6-3-2-5-13(14)11-18-8-4-7-15(18)16(20)12-19/h2-8,16H,9-12H2,1H3. The highest BCUT2D eigenvalue weighted by molar-refractivity contribution is 5.68. The summed E-state index contributed by atoms with van der Waals surface area (Å²) in [6, 6.07) is 13.0. The van der Waals surface area contributed by atoms with Gasteiger partial charge in [0.05, 0.1) is 19.7 Å². The normalized spacial score (nSPS) is 19.8. The summed E-state index contributed by atoms with van der Waals surface area (Å²) in [6.45, 7) is 3.05. The second kappa shape index (κ2) is 5.09. The van der Waals surface area contributed by atoms with Crippen LogP contribution in [0.5, 0.6) is 0 Å². The summed E-state index contributed by atoms with van der Waals surface area (Å²) in [5.41, 5.74) is 3.86. The van der Waals surface area contributed by atoms with Crippen LogP contribution in [0.4, 0.5) is 10.5 Å². The molecule has 114 valence electrons. The molecule has 0 radical (unpaired) electrons. The fourth-order valence-electron chi connectivity index (χ4n) is 3.60. The summed E-state index contributed by atoms with van der Waals surface area (Å²) in [6.07, 6.45) is 1.88. The molecule has 1 saturated heterocycles. The lowest BCUT2D eigenvalue weighted by Crippen LogP contribution is -2.50. The molecule has 2 aliphatic rings. The molecule has 0 spiro atoms. The Morgan fingerprint density at radius 2 is 2.05 bits per heavy atom. The van der Waals surface area contributed by atoms with Crippen LogP contribution in [0, 0.1) is 0 Å². The van der Waals surface area contributed by atoms with Gasteiger partial charge in [-0.05, 0) is 23.8 Å². The third-order valence-corrected chi connectivity index (χ3v) is 4.66. The number of methoxy groups -OCH3 is 1. The van der Waals surface area contributed by atoms with Crippen molar-refractivity contribution in [1.29, 1.82) is 0 Å². The van der Waals surface area contributed by atoms with Gasteiger partial charge in [0.1, 0.15) is 0 Å². The van der Waals surface area contributed by atoms with Crippen molar-refractivity contribution in [3.63, 3.8) is 0 Å². The molecular weight excluding hydrogens is 278 g/mol. The molecule has 5 nitrogen and oxygen atoms in total. The number of fused-ring (bicyclic) bond motifs is 5. The maximum Gasteiger partial charge on any atom is 0.409 e. The zero-order chi connectivity index (χ0) is 15.1. The van der Waals surface area contributed by atoms with Crippen LogP contribution in [0.3, 0.4) is 0 Å². The molecule has 2 aromatic rings. The van der Waals surface area contributed by atoms with Crippen LogP contribution < -0.4 is 4.90 Å². The Hall–Kier alpha value is -2.43. The molecule has 0 aliphatic carbocycles. The maximum atomic E-state index is 11.9. The van der Waals surface area contributed by atoms with Crippen molar-refractivity contribution >= 4 is 11.8 Å². The number of para-hydroxylation sites is 1. The number of aromatic nitrogens is 1. The number of anilines is 1. The quantitative estimate of drug-likeness (QED) is 0.750. The van der Waals surface area contributed by atoms with Crippen LogP contribution in [0.25, 0.3) is 0 Å². The number of hydrogen-bond acceptors (Lipinski definition) is 3. The SMILES string of the molecule is COC(=O)N1CCN2c3ccccc3Cn3cccc3C2C1. The van der Waals surface area contributed by atoms with E-state index in [9.17, 15) is 4.79 Å². The first kappa shape index (κ1) is 13.2. The Morgan fingerprint density at radius 3 is 2.91 bits per heavy atom. The van der Waals surface area contributed by atoms with Crippen molar-refractivity contribution in [2.24, 2.45) is 0 Å². The smallest absolute Gasteiger partial charge is 0.409 e. The van der Waals surface area contributed by atoms with Gasteiger partial charge in [-0.1, -0.05) is 18.2 Å². The molecule has 1 aromatic carbocycles. The monoisotopic (exact) mass is 297 g/mol. The van der Waals surface area contributed by atoms with E-state index in [1.165, 1.54) is 24.1 Å². The number of hydrogen-bond donors (Lipinski definition) is 0. The number of nitrogens with zero attached hydrogens (tertiary/aromatic N) is 3. The third kappa shape index (κ3) is 1.96. The van der Waals surface area contributed by atoms with Crippen LogP contribution in [0.15, 0.2) is 42.6 Å². The van der Waals surface area contributed by atoms with E-state index >= 15 is 0 Å². The Morgan fingerprint density at radius 1 is 1.18 bits per heavy atom. The number of amides is 1. The summed E-state index contributed by atoms with van der Waals surface area (Å²) in [5, 5.41) is 0. The Kier molecular flexibility index (Phi) is 3.06. The van der Waals surface area contributed by atoms with Crippen molar-refractivity contribution in [2.75, 3.05) is 31.6 Å². The van der Waals surface area contributed by atoms with Crippen LogP contribution in [-0.2, 0) is 11.3 Å². The van der Waals surface area contributed by atoms with E-state index < -0.39 is 0 Å². The number of ether oxygens (including phenoxy) is 1. The van der Waals surface area contributed by atoms with Gasteiger partial charge in [0.2, 0.25) is 0 Å². The summed E-state index contributed by atoms with van der Waals surface area (Å²) >= 11 is 0. The molecule has 0 bridgehead atoms. The summed E-state index contributed by atoms with van der Waals surface area (Å²) in [4.78, 5) is 16.1. The van der Waals surface area contributed by atoms with Gasteiger partial charge < -0.3 is 19.1 Å². The van der Waals surface area contributed by atoms with Crippen molar-refractivity contribution in [2.45, 2.75) is 12.6 Å². The molecule has 22 heavy (non-hydrogen) atoms. The predicted molar refractivity (Wildman–Crippen MR) is 84.0 cm³/mol. The average molecular weight is 297 g/mol. The highest BCUT2D eigenvalue weighted by Crippen LogP contribution is 2.36. The lowest BCUT2D eigenvalue weighted by Gasteiger charge is -2.41. The Balaban J connectivity index is 1.78. The number of piperazine rings is 1.